The van der Waals surface area contributed by atoms with Crippen LogP contribution in [0, 0.1) is 0 Å². The summed E-state index contributed by atoms with van der Waals surface area (Å²) in [7, 11) is 0. The van der Waals surface area contributed by atoms with Crippen LogP contribution in [0.2, 0.25) is 0 Å². The molecule has 2 N–H and O–H groups in total. The predicted octanol–water partition coefficient (Wildman–Crippen LogP) is 2.63. The van der Waals surface area contributed by atoms with E-state index in [0.717, 1.165) is 17.0 Å². The first kappa shape index (κ1) is 18.3. The lowest BCUT2D eigenvalue weighted by atomic mass is 9.91. The Morgan fingerprint density at radius 1 is 1.17 bits per heavy atom. The van der Waals surface area contributed by atoms with Crippen molar-refractivity contribution in [2.45, 2.75) is 44.5 Å². The van der Waals surface area contributed by atoms with Gasteiger partial charge in [0.2, 0.25) is 0 Å². The van der Waals surface area contributed by atoms with Gasteiger partial charge in [-0.05, 0) is 44.9 Å². The molecule has 0 bridgehead atoms. The van der Waals surface area contributed by atoms with Crippen molar-refractivity contribution in [3.8, 4) is 0 Å². The van der Waals surface area contributed by atoms with Crippen molar-refractivity contribution < 1.29 is 27.9 Å². The van der Waals surface area contributed by atoms with Crippen LogP contribution in [-0.4, -0.2) is 34.1 Å². The molecule has 0 spiro atoms. The molecule has 1 aromatic carbocycles. The number of halogens is 3. The highest BCUT2D eigenvalue weighted by Crippen LogP contribution is 2.33. The third-order valence-corrected chi connectivity index (χ3v) is 4.01. The maximum Gasteiger partial charge on any atom is 0.416 e. The van der Waals surface area contributed by atoms with Crippen LogP contribution in [0.3, 0.4) is 0 Å². The Kier molecular flexibility index (Phi) is 4.39. The number of nitrogens with one attached hydrogen (secondary N) is 1. The predicted molar refractivity (Wildman–Crippen MR) is 80.0 cm³/mol. The number of imide groups is 1. The zero-order valence-corrected chi connectivity index (χ0v) is 13.6. The zero-order valence-electron chi connectivity index (χ0n) is 13.6. The standard InChI is InChI=1S/C16H19F3N2O3/c1-14(2,24)8-9-21-12(22)15(3,20-13(21)23)10-4-6-11(7-5-10)16(17,18)19/h4-7,24H,8-9H2,1-3H3,(H,20,23). The van der Waals surface area contributed by atoms with Crippen molar-refractivity contribution >= 4 is 11.9 Å². The highest BCUT2D eigenvalue weighted by Gasteiger charge is 2.49. The molecule has 1 aliphatic heterocycles. The first-order chi connectivity index (χ1) is 10.8. The number of hydrogen-bond donors (Lipinski definition) is 2. The van der Waals surface area contributed by atoms with Crippen molar-refractivity contribution in [1.82, 2.24) is 10.2 Å². The molecule has 8 heteroatoms. The monoisotopic (exact) mass is 344 g/mol. The number of alkyl halides is 3. The highest BCUT2D eigenvalue weighted by atomic mass is 19.4. The second-order valence-electron chi connectivity index (χ2n) is 6.65. The number of urea groups is 1. The Bertz CT molecular complexity index is 650. The summed E-state index contributed by atoms with van der Waals surface area (Å²) in [6.07, 6.45) is -4.28. The zero-order chi connectivity index (χ0) is 18.3. The topological polar surface area (TPSA) is 69.6 Å². The fourth-order valence-electron chi connectivity index (χ4n) is 2.47. The number of benzene rings is 1. The van der Waals surface area contributed by atoms with E-state index < -0.39 is 34.8 Å². The molecule has 0 aromatic heterocycles. The molecule has 1 fully saturated rings. The van der Waals surface area contributed by atoms with E-state index >= 15 is 0 Å². The quantitative estimate of drug-likeness (QED) is 0.825. The van der Waals surface area contributed by atoms with Crippen molar-refractivity contribution in [2.24, 2.45) is 0 Å². The molecule has 1 aromatic rings. The Morgan fingerprint density at radius 2 is 1.71 bits per heavy atom. The number of carbonyl (C=O) groups excluding carboxylic acids is 2. The number of rotatable bonds is 4. The van der Waals surface area contributed by atoms with Gasteiger partial charge in [0.25, 0.3) is 5.91 Å². The lowest BCUT2D eigenvalue weighted by molar-refractivity contribution is -0.137. The average molecular weight is 344 g/mol. The van der Waals surface area contributed by atoms with Gasteiger partial charge in [-0.2, -0.15) is 13.2 Å². The van der Waals surface area contributed by atoms with Gasteiger partial charge in [0, 0.05) is 6.54 Å². The fourth-order valence-corrected chi connectivity index (χ4v) is 2.47. The van der Waals surface area contributed by atoms with Gasteiger partial charge in [-0.15, -0.1) is 0 Å². The van der Waals surface area contributed by atoms with Gasteiger partial charge in [-0.3, -0.25) is 9.69 Å². The summed E-state index contributed by atoms with van der Waals surface area (Å²) in [6.45, 7) is 4.57. The minimum absolute atomic E-state index is 0.0182. The summed E-state index contributed by atoms with van der Waals surface area (Å²) >= 11 is 0. The molecule has 0 saturated carbocycles. The number of aliphatic hydroxyl groups is 1. The van der Waals surface area contributed by atoms with Gasteiger partial charge in [0.15, 0.2) is 0 Å². The van der Waals surface area contributed by atoms with E-state index in [0.29, 0.717) is 0 Å². The van der Waals surface area contributed by atoms with E-state index in [1.807, 2.05) is 0 Å². The summed E-state index contributed by atoms with van der Waals surface area (Å²) in [6, 6.07) is 3.48. The van der Waals surface area contributed by atoms with E-state index in [1.165, 1.54) is 19.1 Å². The molecule has 0 radical (unpaired) electrons. The summed E-state index contributed by atoms with van der Waals surface area (Å²) in [4.78, 5) is 25.6. The Balaban J connectivity index is 2.24. The molecular formula is C16H19F3N2O3. The molecule has 0 aliphatic carbocycles. The van der Waals surface area contributed by atoms with Gasteiger partial charge in [0.05, 0.1) is 11.2 Å². The SMILES string of the molecule is CC(C)(O)CCN1C(=O)NC(C)(c2ccc(C(F)(F)F)cc2)C1=O. The van der Waals surface area contributed by atoms with E-state index in [9.17, 15) is 27.9 Å². The van der Waals surface area contributed by atoms with E-state index in [2.05, 4.69) is 5.32 Å². The molecule has 3 amide bonds. The number of hydrogen-bond acceptors (Lipinski definition) is 3. The number of amides is 3. The lowest BCUT2D eigenvalue weighted by Gasteiger charge is -2.24. The number of carbonyl (C=O) groups is 2. The van der Waals surface area contributed by atoms with Crippen LogP contribution in [0.4, 0.5) is 18.0 Å². The summed E-state index contributed by atoms with van der Waals surface area (Å²) in [5.74, 6) is -0.559. The number of nitrogens with zero attached hydrogens (tertiary/aromatic N) is 1. The van der Waals surface area contributed by atoms with Crippen LogP contribution in [0.25, 0.3) is 0 Å². The van der Waals surface area contributed by atoms with Gasteiger partial charge in [-0.25, -0.2) is 4.79 Å². The van der Waals surface area contributed by atoms with Gasteiger partial charge < -0.3 is 10.4 Å². The molecule has 132 valence electrons. The molecule has 1 heterocycles. The van der Waals surface area contributed by atoms with Crippen LogP contribution in [0.5, 0.6) is 0 Å². The van der Waals surface area contributed by atoms with Crippen LogP contribution in [0.1, 0.15) is 38.3 Å². The van der Waals surface area contributed by atoms with Gasteiger partial charge >= 0.3 is 12.2 Å². The summed E-state index contributed by atoms with van der Waals surface area (Å²) in [5.41, 5.74) is -3.04. The normalized spacial score (nSPS) is 22.0. The lowest BCUT2D eigenvalue weighted by Crippen LogP contribution is -2.41. The van der Waals surface area contributed by atoms with Crippen LogP contribution in [0.15, 0.2) is 24.3 Å². The van der Waals surface area contributed by atoms with Gasteiger partial charge in [-0.1, -0.05) is 12.1 Å². The van der Waals surface area contributed by atoms with Crippen LogP contribution in [-0.2, 0) is 16.5 Å². The van der Waals surface area contributed by atoms with Crippen molar-refractivity contribution in [2.75, 3.05) is 6.54 Å². The van der Waals surface area contributed by atoms with E-state index in [1.54, 1.807) is 13.8 Å². The Labute approximate surface area is 137 Å². The molecule has 1 atom stereocenters. The van der Waals surface area contributed by atoms with Crippen molar-refractivity contribution in [1.29, 1.82) is 0 Å². The maximum absolute atomic E-state index is 12.6. The van der Waals surface area contributed by atoms with E-state index in [4.69, 9.17) is 0 Å². The van der Waals surface area contributed by atoms with Crippen molar-refractivity contribution in [3.63, 3.8) is 0 Å². The van der Waals surface area contributed by atoms with Crippen LogP contribution >= 0.6 is 0 Å². The molecule has 5 nitrogen and oxygen atoms in total. The van der Waals surface area contributed by atoms with Crippen molar-refractivity contribution in [3.05, 3.63) is 35.4 Å². The molecule has 1 aliphatic rings. The van der Waals surface area contributed by atoms with E-state index in [-0.39, 0.29) is 18.5 Å². The third-order valence-electron chi connectivity index (χ3n) is 4.01. The minimum atomic E-state index is -4.47. The van der Waals surface area contributed by atoms with Gasteiger partial charge in [0.1, 0.15) is 5.54 Å². The second kappa shape index (κ2) is 5.77. The molecular weight excluding hydrogens is 325 g/mol. The Hall–Kier alpha value is -2.09. The molecule has 1 unspecified atom stereocenters. The maximum atomic E-state index is 12.6. The first-order valence-electron chi connectivity index (χ1n) is 7.39. The average Bonchev–Trinajstić information content (AvgIpc) is 2.66. The molecule has 24 heavy (non-hydrogen) atoms. The first-order valence-corrected chi connectivity index (χ1v) is 7.39. The van der Waals surface area contributed by atoms with Crippen LogP contribution < -0.4 is 5.32 Å². The summed E-state index contributed by atoms with van der Waals surface area (Å²) in [5, 5.41) is 12.2. The minimum Gasteiger partial charge on any atom is -0.390 e. The summed E-state index contributed by atoms with van der Waals surface area (Å²) < 4.78 is 37.9. The molecule has 1 saturated heterocycles. The third kappa shape index (κ3) is 3.53. The fraction of sp³-hybridized carbons (Fsp3) is 0.500. The second-order valence-corrected chi connectivity index (χ2v) is 6.65. The molecule has 2 rings (SSSR count). The Morgan fingerprint density at radius 3 is 2.17 bits per heavy atom. The largest absolute Gasteiger partial charge is 0.416 e. The highest BCUT2D eigenvalue weighted by molar-refractivity contribution is 6.07. The smallest absolute Gasteiger partial charge is 0.390 e.